The van der Waals surface area contributed by atoms with Gasteiger partial charge in [0, 0.05) is 55.2 Å². The molecule has 0 spiro atoms. The van der Waals surface area contributed by atoms with Gasteiger partial charge in [0.25, 0.3) is 5.91 Å². The second kappa shape index (κ2) is 10.2. The van der Waals surface area contributed by atoms with Gasteiger partial charge in [0.2, 0.25) is 0 Å². The highest BCUT2D eigenvalue weighted by molar-refractivity contribution is 7.09. The Bertz CT molecular complexity index is 1160. The van der Waals surface area contributed by atoms with E-state index in [1.54, 1.807) is 7.11 Å². The van der Waals surface area contributed by atoms with Crippen molar-refractivity contribution in [2.75, 3.05) is 51.5 Å². The quantitative estimate of drug-likeness (QED) is 0.509. The minimum absolute atomic E-state index is 0.0493. The van der Waals surface area contributed by atoms with Crippen molar-refractivity contribution in [3.8, 4) is 5.75 Å². The van der Waals surface area contributed by atoms with Crippen LogP contribution in [0.3, 0.4) is 0 Å². The molecule has 2 aliphatic rings. The van der Waals surface area contributed by atoms with Gasteiger partial charge < -0.3 is 24.0 Å². The van der Waals surface area contributed by atoms with Gasteiger partial charge in [-0.2, -0.15) is 0 Å². The van der Waals surface area contributed by atoms with E-state index in [1.807, 2.05) is 35.4 Å². The number of fused-ring (bicyclic) bond motifs is 1. The highest BCUT2D eigenvalue weighted by Crippen LogP contribution is 2.29. The molecule has 9 heteroatoms. The van der Waals surface area contributed by atoms with E-state index in [-0.39, 0.29) is 12.0 Å². The van der Waals surface area contributed by atoms with E-state index in [1.165, 1.54) is 11.3 Å². The molecule has 1 atom stereocenters. The first-order chi connectivity index (χ1) is 16.6. The van der Waals surface area contributed by atoms with Gasteiger partial charge in [0.1, 0.15) is 17.3 Å². The lowest BCUT2D eigenvalue weighted by atomic mass is 10.1. The number of aryl methyl sites for hydroxylation is 1. The molecule has 180 valence electrons. The van der Waals surface area contributed by atoms with E-state index in [0.29, 0.717) is 32.0 Å². The zero-order valence-electron chi connectivity index (χ0n) is 19.7. The second-order valence-corrected chi connectivity index (χ2v) is 9.76. The Balaban J connectivity index is 1.52. The van der Waals surface area contributed by atoms with Crippen LogP contribution in [-0.4, -0.2) is 73.4 Å². The maximum atomic E-state index is 13.5. The Kier molecular flexibility index (Phi) is 6.94. The highest BCUT2D eigenvalue weighted by Gasteiger charge is 2.27. The summed E-state index contributed by atoms with van der Waals surface area (Å²) < 4.78 is 16.9. The number of hydrogen-bond acceptors (Lipinski definition) is 8. The molecule has 8 nitrogen and oxygen atoms in total. The van der Waals surface area contributed by atoms with E-state index in [9.17, 15) is 4.79 Å². The van der Waals surface area contributed by atoms with Gasteiger partial charge in [0.05, 0.1) is 37.0 Å². The molecule has 0 saturated carbocycles. The summed E-state index contributed by atoms with van der Waals surface area (Å²) >= 11 is 1.49. The third kappa shape index (κ3) is 5.01. The van der Waals surface area contributed by atoms with Crippen LogP contribution in [0.4, 0.5) is 5.82 Å². The number of carbonyl (C=O) groups excluding carboxylic acids is 1. The van der Waals surface area contributed by atoms with Crippen LogP contribution < -0.4 is 9.64 Å². The molecular weight excluding hydrogens is 452 g/mol. The number of thiazole rings is 1. The highest BCUT2D eigenvalue weighted by atomic mass is 32.1. The number of morpholine rings is 1. The molecule has 0 radical (unpaired) electrons. The Morgan fingerprint density at radius 1 is 1.24 bits per heavy atom. The zero-order chi connectivity index (χ0) is 23.5. The maximum absolute atomic E-state index is 13.5. The summed E-state index contributed by atoms with van der Waals surface area (Å²) in [5.74, 6) is 1.60. The number of anilines is 1. The average Bonchev–Trinajstić information content (AvgIpc) is 3.54. The van der Waals surface area contributed by atoms with Crippen LogP contribution in [-0.2, 0) is 16.0 Å². The lowest BCUT2D eigenvalue weighted by molar-refractivity contribution is 0.0503. The van der Waals surface area contributed by atoms with Crippen molar-refractivity contribution in [3.63, 3.8) is 0 Å². The summed E-state index contributed by atoms with van der Waals surface area (Å²) in [6.07, 6.45) is 2.04. The van der Waals surface area contributed by atoms with Crippen LogP contribution in [0.2, 0.25) is 0 Å². The van der Waals surface area contributed by atoms with Crippen molar-refractivity contribution in [1.82, 2.24) is 14.9 Å². The Morgan fingerprint density at radius 2 is 2.09 bits per heavy atom. The van der Waals surface area contributed by atoms with E-state index >= 15 is 0 Å². The predicted molar refractivity (Wildman–Crippen MR) is 132 cm³/mol. The molecule has 2 aliphatic heterocycles. The lowest BCUT2D eigenvalue weighted by Crippen LogP contribution is -2.40. The van der Waals surface area contributed by atoms with Crippen molar-refractivity contribution in [2.24, 2.45) is 0 Å². The van der Waals surface area contributed by atoms with Crippen molar-refractivity contribution in [1.29, 1.82) is 0 Å². The third-order valence-electron chi connectivity index (χ3n) is 6.33. The molecule has 2 saturated heterocycles. The number of rotatable bonds is 7. The fourth-order valence-corrected chi connectivity index (χ4v) is 5.14. The molecular formula is C25H30N4O4S. The van der Waals surface area contributed by atoms with Gasteiger partial charge in [-0.3, -0.25) is 4.79 Å². The lowest BCUT2D eigenvalue weighted by Gasteiger charge is -2.32. The normalized spacial score (nSPS) is 18.4. The van der Waals surface area contributed by atoms with Crippen molar-refractivity contribution in [3.05, 3.63) is 45.9 Å². The smallest absolute Gasteiger partial charge is 0.273 e. The number of nitrogens with zero attached hydrogens (tertiary/aromatic N) is 4. The number of amides is 1. The van der Waals surface area contributed by atoms with Crippen LogP contribution in [0.5, 0.6) is 5.75 Å². The topological polar surface area (TPSA) is 77.0 Å². The van der Waals surface area contributed by atoms with Gasteiger partial charge in [0.15, 0.2) is 0 Å². The molecule has 0 unspecified atom stereocenters. The summed E-state index contributed by atoms with van der Waals surface area (Å²) in [6, 6.07) is 8.06. The number of aromatic nitrogens is 2. The van der Waals surface area contributed by atoms with Crippen molar-refractivity contribution < 1.29 is 19.0 Å². The van der Waals surface area contributed by atoms with Crippen molar-refractivity contribution >= 4 is 34.0 Å². The van der Waals surface area contributed by atoms with Crippen LogP contribution in [0, 0.1) is 6.92 Å². The Hall–Kier alpha value is -2.75. The minimum atomic E-state index is -0.0670. The number of ether oxygens (including phenoxy) is 3. The number of hydrogen-bond donors (Lipinski definition) is 0. The standard InChI is InChI=1S/C25H30N4O4S/c1-17-26-23(16-34-17)25(30)29(15-21-4-3-9-33-21)14-19-12-18-5-6-20(31-2)13-22(18)27-24(19)28-7-10-32-11-8-28/h5-6,12-13,16,21H,3-4,7-11,14-15H2,1-2H3/t21-/m1/s1. The first kappa shape index (κ1) is 23.0. The zero-order valence-corrected chi connectivity index (χ0v) is 20.5. The predicted octanol–water partition coefficient (Wildman–Crippen LogP) is 3.67. The largest absolute Gasteiger partial charge is 0.497 e. The van der Waals surface area contributed by atoms with Gasteiger partial charge >= 0.3 is 0 Å². The van der Waals surface area contributed by atoms with Gasteiger partial charge in [-0.25, -0.2) is 9.97 Å². The summed E-state index contributed by atoms with van der Waals surface area (Å²) in [7, 11) is 1.66. The number of methoxy groups -OCH3 is 1. The fraction of sp³-hybridized carbons (Fsp3) is 0.480. The Morgan fingerprint density at radius 3 is 2.79 bits per heavy atom. The van der Waals surface area contributed by atoms with E-state index in [4.69, 9.17) is 19.2 Å². The van der Waals surface area contributed by atoms with E-state index in [2.05, 4.69) is 16.0 Å². The monoisotopic (exact) mass is 482 g/mol. The Labute approximate surface area is 203 Å². The van der Waals surface area contributed by atoms with Crippen molar-refractivity contribution in [2.45, 2.75) is 32.4 Å². The van der Waals surface area contributed by atoms with Crippen LogP contribution >= 0.6 is 11.3 Å². The summed E-state index contributed by atoms with van der Waals surface area (Å²) in [5.41, 5.74) is 2.38. The molecule has 5 rings (SSSR count). The van der Waals surface area contributed by atoms with Gasteiger partial charge in [-0.15, -0.1) is 11.3 Å². The van der Waals surface area contributed by atoms with Crippen LogP contribution in [0.1, 0.15) is 33.9 Å². The molecule has 1 aromatic carbocycles. The van der Waals surface area contributed by atoms with Gasteiger partial charge in [-0.05, 0) is 38.0 Å². The van der Waals surface area contributed by atoms with Crippen LogP contribution in [0.15, 0.2) is 29.6 Å². The molecule has 0 N–H and O–H groups in total. The molecule has 4 heterocycles. The SMILES string of the molecule is COc1ccc2cc(CN(C[C@H]3CCCO3)C(=O)c3csc(C)n3)c(N3CCOCC3)nc2c1. The summed E-state index contributed by atoms with van der Waals surface area (Å²) in [5, 5.41) is 3.74. The van der Waals surface area contributed by atoms with E-state index in [0.717, 1.165) is 65.6 Å². The summed E-state index contributed by atoms with van der Waals surface area (Å²) in [6.45, 7) is 6.50. The average molecular weight is 483 g/mol. The maximum Gasteiger partial charge on any atom is 0.273 e. The number of carbonyl (C=O) groups is 1. The first-order valence-corrected chi connectivity index (χ1v) is 12.6. The molecule has 3 aromatic rings. The number of pyridine rings is 1. The van der Waals surface area contributed by atoms with Crippen LogP contribution in [0.25, 0.3) is 10.9 Å². The molecule has 0 bridgehead atoms. The molecule has 0 aliphatic carbocycles. The molecule has 2 aromatic heterocycles. The second-order valence-electron chi connectivity index (χ2n) is 8.70. The molecule has 34 heavy (non-hydrogen) atoms. The molecule has 1 amide bonds. The fourth-order valence-electron chi connectivity index (χ4n) is 4.56. The van der Waals surface area contributed by atoms with Gasteiger partial charge in [-0.1, -0.05) is 0 Å². The molecule has 2 fully saturated rings. The summed E-state index contributed by atoms with van der Waals surface area (Å²) in [4.78, 5) is 27.1. The minimum Gasteiger partial charge on any atom is -0.497 e. The third-order valence-corrected chi connectivity index (χ3v) is 7.10. The first-order valence-electron chi connectivity index (χ1n) is 11.7. The number of benzene rings is 1. The van der Waals surface area contributed by atoms with E-state index < -0.39 is 0 Å².